The molecule has 0 aliphatic rings. The molecule has 0 aliphatic heterocycles. The van der Waals surface area contributed by atoms with Crippen molar-refractivity contribution < 1.29 is 13.9 Å². The molecule has 0 atom stereocenters. The number of hydrogen-bond donors (Lipinski definition) is 1. The van der Waals surface area contributed by atoms with Crippen LogP contribution in [0.2, 0.25) is 5.02 Å². The van der Waals surface area contributed by atoms with Crippen molar-refractivity contribution in [1.82, 2.24) is 4.98 Å². The van der Waals surface area contributed by atoms with Gasteiger partial charge < -0.3 is 10.1 Å². The average Bonchev–Trinajstić information content (AvgIpc) is 2.54. The maximum atomic E-state index is 13.8. The SMILES string of the molecule is COc1ccc2cc(NC(=O)c3c(F)cccc3Cl)cnc2c1. The molecular formula is C17H12ClFN2O2. The lowest BCUT2D eigenvalue weighted by Crippen LogP contribution is -2.14. The van der Waals surface area contributed by atoms with Crippen molar-refractivity contribution in [1.29, 1.82) is 0 Å². The summed E-state index contributed by atoms with van der Waals surface area (Å²) < 4.78 is 18.9. The largest absolute Gasteiger partial charge is 0.497 e. The smallest absolute Gasteiger partial charge is 0.260 e. The number of nitrogens with one attached hydrogen (secondary N) is 1. The molecule has 6 heteroatoms. The predicted molar refractivity (Wildman–Crippen MR) is 87.7 cm³/mol. The lowest BCUT2D eigenvalue weighted by Gasteiger charge is -2.09. The molecule has 2 aromatic carbocycles. The second kappa shape index (κ2) is 6.22. The molecule has 0 aliphatic carbocycles. The lowest BCUT2D eigenvalue weighted by molar-refractivity contribution is 0.102. The van der Waals surface area contributed by atoms with Crippen molar-refractivity contribution >= 4 is 34.1 Å². The molecule has 0 saturated carbocycles. The van der Waals surface area contributed by atoms with Crippen LogP contribution in [0.25, 0.3) is 10.9 Å². The Labute approximate surface area is 136 Å². The number of halogens is 2. The Hall–Kier alpha value is -2.66. The number of carbonyl (C=O) groups excluding carboxylic acids is 1. The molecule has 0 spiro atoms. The Balaban J connectivity index is 1.91. The fourth-order valence-corrected chi connectivity index (χ4v) is 2.45. The minimum atomic E-state index is -0.673. The van der Waals surface area contributed by atoms with Gasteiger partial charge in [-0.2, -0.15) is 0 Å². The van der Waals surface area contributed by atoms with Gasteiger partial charge in [-0.1, -0.05) is 17.7 Å². The molecule has 0 radical (unpaired) electrons. The summed E-state index contributed by atoms with van der Waals surface area (Å²) in [7, 11) is 1.58. The second-order valence-corrected chi connectivity index (χ2v) is 5.24. The normalized spacial score (nSPS) is 10.6. The van der Waals surface area contributed by atoms with Crippen LogP contribution in [0.4, 0.5) is 10.1 Å². The number of methoxy groups -OCH3 is 1. The summed E-state index contributed by atoms with van der Waals surface area (Å²) in [5.74, 6) is -0.601. The molecule has 1 heterocycles. The van der Waals surface area contributed by atoms with E-state index in [-0.39, 0.29) is 10.6 Å². The van der Waals surface area contributed by atoms with Gasteiger partial charge in [0.05, 0.1) is 35.1 Å². The van der Waals surface area contributed by atoms with Gasteiger partial charge in [0.15, 0.2) is 0 Å². The van der Waals surface area contributed by atoms with Crippen LogP contribution in [-0.4, -0.2) is 18.0 Å². The Morgan fingerprint density at radius 2 is 2.09 bits per heavy atom. The van der Waals surface area contributed by atoms with Crippen molar-refractivity contribution in [2.75, 3.05) is 12.4 Å². The van der Waals surface area contributed by atoms with Crippen molar-refractivity contribution in [3.63, 3.8) is 0 Å². The summed E-state index contributed by atoms with van der Waals surface area (Å²) in [4.78, 5) is 16.5. The Kier molecular flexibility index (Phi) is 4.12. The summed E-state index contributed by atoms with van der Waals surface area (Å²) in [6, 6.07) is 11.2. The number of fused-ring (bicyclic) bond motifs is 1. The van der Waals surface area contributed by atoms with Crippen LogP contribution in [0.5, 0.6) is 5.75 Å². The molecule has 0 unspecified atom stereocenters. The highest BCUT2D eigenvalue weighted by Gasteiger charge is 2.16. The van der Waals surface area contributed by atoms with Crippen LogP contribution in [0, 0.1) is 5.82 Å². The molecule has 1 amide bonds. The summed E-state index contributed by atoms with van der Waals surface area (Å²) in [6.07, 6.45) is 1.49. The van der Waals surface area contributed by atoms with E-state index in [1.165, 1.54) is 24.4 Å². The Morgan fingerprint density at radius 3 is 2.83 bits per heavy atom. The minimum Gasteiger partial charge on any atom is -0.497 e. The van der Waals surface area contributed by atoms with Gasteiger partial charge in [-0.15, -0.1) is 0 Å². The Bertz CT molecular complexity index is 879. The molecule has 3 rings (SSSR count). The van der Waals surface area contributed by atoms with Gasteiger partial charge in [0, 0.05) is 11.5 Å². The maximum Gasteiger partial charge on any atom is 0.260 e. The molecule has 0 fully saturated rings. The van der Waals surface area contributed by atoms with Gasteiger partial charge in [0.2, 0.25) is 0 Å². The zero-order chi connectivity index (χ0) is 16.4. The number of ether oxygens (including phenoxy) is 1. The van der Waals surface area contributed by atoms with Gasteiger partial charge in [-0.25, -0.2) is 4.39 Å². The standard InChI is InChI=1S/C17H12ClFN2O2/c1-23-12-6-5-10-7-11(9-20-15(10)8-12)21-17(22)16-13(18)3-2-4-14(16)19/h2-9H,1H3,(H,21,22). The van der Waals surface area contributed by atoms with E-state index in [0.29, 0.717) is 11.4 Å². The van der Waals surface area contributed by atoms with E-state index in [2.05, 4.69) is 10.3 Å². The molecule has 23 heavy (non-hydrogen) atoms. The van der Waals surface area contributed by atoms with E-state index in [1.54, 1.807) is 25.3 Å². The molecule has 1 aromatic heterocycles. The monoisotopic (exact) mass is 330 g/mol. The minimum absolute atomic E-state index is 0.0565. The fraction of sp³-hybridized carbons (Fsp3) is 0.0588. The topological polar surface area (TPSA) is 51.2 Å². The third kappa shape index (κ3) is 3.10. The number of anilines is 1. The first kappa shape index (κ1) is 15.2. The first-order valence-corrected chi connectivity index (χ1v) is 7.15. The van der Waals surface area contributed by atoms with Crippen LogP contribution in [0.1, 0.15) is 10.4 Å². The van der Waals surface area contributed by atoms with Crippen molar-refractivity contribution in [2.24, 2.45) is 0 Å². The van der Waals surface area contributed by atoms with Gasteiger partial charge in [-0.05, 0) is 30.3 Å². The van der Waals surface area contributed by atoms with Crippen molar-refractivity contribution in [3.8, 4) is 5.75 Å². The van der Waals surface area contributed by atoms with E-state index >= 15 is 0 Å². The van der Waals surface area contributed by atoms with Gasteiger partial charge >= 0.3 is 0 Å². The van der Waals surface area contributed by atoms with Crippen LogP contribution in [0.15, 0.2) is 48.7 Å². The van der Waals surface area contributed by atoms with E-state index < -0.39 is 11.7 Å². The highest BCUT2D eigenvalue weighted by Crippen LogP contribution is 2.23. The van der Waals surface area contributed by atoms with E-state index in [9.17, 15) is 9.18 Å². The first-order chi connectivity index (χ1) is 11.1. The number of benzene rings is 2. The van der Waals surface area contributed by atoms with Gasteiger partial charge in [-0.3, -0.25) is 9.78 Å². The third-order valence-electron chi connectivity index (χ3n) is 3.34. The first-order valence-electron chi connectivity index (χ1n) is 6.77. The molecular weight excluding hydrogens is 319 g/mol. The lowest BCUT2D eigenvalue weighted by atomic mass is 10.1. The summed E-state index contributed by atoms with van der Waals surface area (Å²) >= 11 is 5.89. The van der Waals surface area contributed by atoms with E-state index in [1.807, 2.05) is 6.07 Å². The molecule has 4 nitrogen and oxygen atoms in total. The number of amides is 1. The van der Waals surface area contributed by atoms with E-state index in [4.69, 9.17) is 16.3 Å². The van der Waals surface area contributed by atoms with Gasteiger partial charge in [0.25, 0.3) is 5.91 Å². The number of aromatic nitrogens is 1. The number of pyridine rings is 1. The number of hydrogen-bond acceptors (Lipinski definition) is 3. The molecule has 1 N–H and O–H groups in total. The predicted octanol–water partition coefficient (Wildman–Crippen LogP) is 4.29. The zero-order valence-electron chi connectivity index (χ0n) is 12.1. The van der Waals surface area contributed by atoms with Crippen LogP contribution >= 0.6 is 11.6 Å². The number of rotatable bonds is 3. The second-order valence-electron chi connectivity index (χ2n) is 4.83. The quantitative estimate of drug-likeness (QED) is 0.779. The maximum absolute atomic E-state index is 13.8. The van der Waals surface area contributed by atoms with Crippen molar-refractivity contribution in [2.45, 2.75) is 0 Å². The van der Waals surface area contributed by atoms with Crippen molar-refractivity contribution in [3.05, 3.63) is 65.1 Å². The summed E-state index contributed by atoms with van der Waals surface area (Å²) in [5, 5.41) is 3.48. The number of nitrogens with zero attached hydrogens (tertiary/aromatic N) is 1. The molecule has 3 aromatic rings. The third-order valence-corrected chi connectivity index (χ3v) is 3.65. The Morgan fingerprint density at radius 1 is 1.26 bits per heavy atom. The van der Waals surface area contributed by atoms with E-state index in [0.717, 1.165) is 10.9 Å². The average molecular weight is 331 g/mol. The summed E-state index contributed by atoms with van der Waals surface area (Å²) in [6.45, 7) is 0. The molecule has 0 saturated heterocycles. The van der Waals surface area contributed by atoms with Crippen LogP contribution in [0.3, 0.4) is 0 Å². The highest BCUT2D eigenvalue weighted by atomic mass is 35.5. The summed E-state index contributed by atoms with van der Waals surface area (Å²) in [5.41, 5.74) is 0.988. The molecule has 0 bridgehead atoms. The fourth-order valence-electron chi connectivity index (χ4n) is 2.20. The van der Waals surface area contributed by atoms with Gasteiger partial charge in [0.1, 0.15) is 11.6 Å². The highest BCUT2D eigenvalue weighted by molar-refractivity contribution is 6.34. The number of carbonyl (C=O) groups is 1. The molecule has 116 valence electrons. The van der Waals surface area contributed by atoms with Crippen LogP contribution < -0.4 is 10.1 Å². The van der Waals surface area contributed by atoms with Crippen LogP contribution in [-0.2, 0) is 0 Å². The zero-order valence-corrected chi connectivity index (χ0v) is 12.9.